The molecular weight excluding hydrogens is 321 g/mol. The van der Waals surface area contributed by atoms with Crippen molar-refractivity contribution in [2.24, 2.45) is 0 Å². The number of furan rings is 1. The average molecular weight is 329 g/mol. The summed E-state index contributed by atoms with van der Waals surface area (Å²) in [5.41, 5.74) is 0.809. The topological polar surface area (TPSA) is 56.3 Å². The Kier molecular flexibility index (Phi) is 3.84. The Balaban J connectivity index is 2.29. The van der Waals surface area contributed by atoms with Gasteiger partial charge in [0, 0.05) is 10.0 Å². The van der Waals surface area contributed by atoms with Crippen LogP contribution in [0.4, 0.5) is 0 Å². The molecular formula is C12H7BrClNO3. The lowest BCUT2D eigenvalue weighted by atomic mass is 10.2. The molecule has 6 heteroatoms. The molecule has 0 fully saturated rings. The lowest BCUT2D eigenvalue weighted by Crippen LogP contribution is -1.81. The van der Waals surface area contributed by atoms with Crippen molar-refractivity contribution < 1.29 is 9.34 Å². The first-order chi connectivity index (χ1) is 8.56. The molecule has 0 amide bonds. The molecule has 0 aliphatic heterocycles. The van der Waals surface area contributed by atoms with E-state index in [0.29, 0.717) is 16.5 Å². The van der Waals surface area contributed by atoms with Gasteiger partial charge < -0.3 is 4.42 Å². The molecule has 0 spiro atoms. The molecule has 0 saturated heterocycles. The lowest BCUT2D eigenvalue weighted by Gasteiger charge is -1.99. The summed E-state index contributed by atoms with van der Waals surface area (Å²) in [5.74, 6) is 1.02. The van der Waals surface area contributed by atoms with Gasteiger partial charge in [0.1, 0.15) is 11.5 Å². The third-order valence-corrected chi connectivity index (χ3v) is 3.42. The van der Waals surface area contributed by atoms with Gasteiger partial charge in [-0.05, 0) is 40.2 Å². The monoisotopic (exact) mass is 327 g/mol. The first-order valence-corrected chi connectivity index (χ1v) is 6.10. The fourth-order valence-corrected chi connectivity index (χ4v) is 1.81. The molecule has 0 N–H and O–H groups in total. The van der Waals surface area contributed by atoms with E-state index in [4.69, 9.17) is 16.0 Å². The summed E-state index contributed by atoms with van der Waals surface area (Å²) >= 11 is 9.28. The summed E-state index contributed by atoms with van der Waals surface area (Å²) in [6.07, 6.45) is 2.13. The molecule has 1 aromatic carbocycles. The van der Waals surface area contributed by atoms with Gasteiger partial charge in [-0.15, -0.1) is 0 Å². The summed E-state index contributed by atoms with van der Waals surface area (Å²) in [6.45, 7) is 0. The van der Waals surface area contributed by atoms with Gasteiger partial charge in [0.15, 0.2) is 0 Å². The zero-order chi connectivity index (χ0) is 13.1. The van der Waals surface area contributed by atoms with Crippen molar-refractivity contribution in [3.8, 4) is 11.3 Å². The van der Waals surface area contributed by atoms with Crippen LogP contribution in [0.1, 0.15) is 5.76 Å². The Morgan fingerprint density at radius 2 is 2.11 bits per heavy atom. The number of nitrogens with zero attached hydrogens (tertiary/aromatic N) is 1. The zero-order valence-corrected chi connectivity index (χ0v) is 11.3. The Morgan fingerprint density at radius 3 is 2.78 bits per heavy atom. The number of rotatable bonds is 3. The number of nitro groups is 1. The van der Waals surface area contributed by atoms with Crippen LogP contribution in [-0.2, 0) is 0 Å². The third-order valence-electron chi connectivity index (χ3n) is 2.19. The average Bonchev–Trinajstić information content (AvgIpc) is 2.79. The fourth-order valence-electron chi connectivity index (χ4n) is 1.38. The van der Waals surface area contributed by atoms with Gasteiger partial charge >= 0.3 is 0 Å². The van der Waals surface area contributed by atoms with Crippen LogP contribution in [0.3, 0.4) is 0 Å². The molecule has 92 valence electrons. The van der Waals surface area contributed by atoms with E-state index in [1.54, 1.807) is 18.2 Å². The smallest absolute Gasteiger partial charge is 0.238 e. The molecule has 0 aliphatic rings. The molecule has 2 rings (SSSR count). The molecule has 1 aromatic heterocycles. The molecule has 0 bridgehead atoms. The summed E-state index contributed by atoms with van der Waals surface area (Å²) in [4.78, 5) is 9.64. The van der Waals surface area contributed by atoms with Crippen LogP contribution in [0.2, 0.25) is 5.02 Å². The molecule has 1 heterocycles. The van der Waals surface area contributed by atoms with Crippen molar-refractivity contribution in [2.45, 2.75) is 0 Å². The summed E-state index contributed by atoms with van der Waals surface area (Å²) in [6, 6.07) is 8.80. The third kappa shape index (κ3) is 3.00. The van der Waals surface area contributed by atoms with Gasteiger partial charge in [0.05, 0.1) is 16.0 Å². The van der Waals surface area contributed by atoms with Crippen LogP contribution in [-0.4, -0.2) is 4.92 Å². The standard InChI is InChI=1S/C12H7BrClNO3/c13-10-3-1-8(7-11(10)14)12-4-2-9(18-12)5-6-15(16)17/h1-7H. The van der Waals surface area contributed by atoms with Crippen molar-refractivity contribution >= 4 is 33.6 Å². The van der Waals surface area contributed by atoms with E-state index >= 15 is 0 Å². The van der Waals surface area contributed by atoms with Crippen LogP contribution in [0.5, 0.6) is 0 Å². The Labute approximate surface area is 116 Å². The molecule has 0 saturated carbocycles. The quantitative estimate of drug-likeness (QED) is 0.610. The Hall–Kier alpha value is -1.59. The second kappa shape index (κ2) is 5.37. The van der Waals surface area contributed by atoms with Crippen LogP contribution in [0.25, 0.3) is 17.4 Å². The first kappa shape index (κ1) is 12.9. The number of hydrogen-bond acceptors (Lipinski definition) is 3. The second-order valence-corrected chi connectivity index (χ2v) is 4.69. The molecule has 18 heavy (non-hydrogen) atoms. The van der Waals surface area contributed by atoms with E-state index in [1.165, 1.54) is 6.08 Å². The SMILES string of the molecule is O=[N+]([O-])C=Cc1ccc(-c2ccc(Br)c(Cl)c2)o1. The number of hydrogen-bond donors (Lipinski definition) is 0. The summed E-state index contributed by atoms with van der Waals surface area (Å²) in [5, 5.41) is 10.8. The van der Waals surface area contributed by atoms with E-state index in [9.17, 15) is 10.1 Å². The molecule has 0 atom stereocenters. The Bertz CT molecular complexity index is 622. The highest BCUT2D eigenvalue weighted by Gasteiger charge is 2.06. The van der Waals surface area contributed by atoms with Gasteiger partial charge in [0.2, 0.25) is 6.20 Å². The maximum absolute atomic E-state index is 10.2. The predicted molar refractivity (Wildman–Crippen MR) is 72.9 cm³/mol. The summed E-state index contributed by atoms with van der Waals surface area (Å²) in [7, 11) is 0. The van der Waals surface area contributed by atoms with Gasteiger partial charge in [-0.2, -0.15) is 0 Å². The van der Waals surface area contributed by atoms with Crippen molar-refractivity contribution in [2.75, 3.05) is 0 Å². The van der Waals surface area contributed by atoms with Gasteiger partial charge in [-0.1, -0.05) is 17.7 Å². The molecule has 0 radical (unpaired) electrons. The van der Waals surface area contributed by atoms with Crippen molar-refractivity contribution in [1.29, 1.82) is 0 Å². The van der Waals surface area contributed by atoms with E-state index in [-0.39, 0.29) is 0 Å². The van der Waals surface area contributed by atoms with Crippen molar-refractivity contribution in [1.82, 2.24) is 0 Å². The van der Waals surface area contributed by atoms with E-state index in [0.717, 1.165) is 16.2 Å². The minimum atomic E-state index is -0.543. The number of halogens is 2. The van der Waals surface area contributed by atoms with E-state index in [1.807, 2.05) is 12.1 Å². The van der Waals surface area contributed by atoms with Crippen LogP contribution in [0, 0.1) is 10.1 Å². The minimum Gasteiger partial charge on any atom is -0.457 e. The largest absolute Gasteiger partial charge is 0.457 e. The maximum atomic E-state index is 10.2. The Morgan fingerprint density at radius 1 is 1.33 bits per heavy atom. The van der Waals surface area contributed by atoms with E-state index < -0.39 is 4.92 Å². The highest BCUT2D eigenvalue weighted by Crippen LogP contribution is 2.29. The number of benzene rings is 1. The fraction of sp³-hybridized carbons (Fsp3) is 0. The molecule has 0 aliphatic carbocycles. The lowest BCUT2D eigenvalue weighted by molar-refractivity contribution is -0.401. The minimum absolute atomic E-state index is 0.417. The van der Waals surface area contributed by atoms with Crippen molar-refractivity contribution in [3.05, 3.63) is 61.9 Å². The highest BCUT2D eigenvalue weighted by atomic mass is 79.9. The van der Waals surface area contributed by atoms with Crippen LogP contribution in [0.15, 0.2) is 45.4 Å². The molecule has 2 aromatic rings. The normalized spacial score (nSPS) is 11.0. The predicted octanol–water partition coefficient (Wildman–Crippen LogP) is 4.61. The van der Waals surface area contributed by atoms with E-state index in [2.05, 4.69) is 15.9 Å². The van der Waals surface area contributed by atoms with Gasteiger partial charge in [-0.3, -0.25) is 10.1 Å². The zero-order valence-electron chi connectivity index (χ0n) is 8.97. The maximum Gasteiger partial charge on any atom is 0.238 e. The molecule has 0 unspecified atom stereocenters. The van der Waals surface area contributed by atoms with Gasteiger partial charge in [-0.25, -0.2) is 0 Å². The van der Waals surface area contributed by atoms with Crippen LogP contribution < -0.4 is 0 Å². The first-order valence-electron chi connectivity index (χ1n) is 4.93. The van der Waals surface area contributed by atoms with Crippen molar-refractivity contribution in [3.63, 3.8) is 0 Å². The summed E-state index contributed by atoms with van der Waals surface area (Å²) < 4.78 is 6.25. The second-order valence-electron chi connectivity index (χ2n) is 3.43. The molecule has 4 nitrogen and oxygen atoms in total. The van der Waals surface area contributed by atoms with Crippen LogP contribution >= 0.6 is 27.5 Å². The highest BCUT2D eigenvalue weighted by molar-refractivity contribution is 9.10. The van der Waals surface area contributed by atoms with Gasteiger partial charge in [0.25, 0.3) is 0 Å².